The Hall–Kier alpha value is -0.570. The van der Waals surface area contributed by atoms with Crippen LogP contribution in [-0.2, 0) is 10.0 Å². The highest BCUT2D eigenvalue weighted by Crippen LogP contribution is 2.32. The van der Waals surface area contributed by atoms with Gasteiger partial charge in [-0.25, -0.2) is 13.2 Å². The first-order chi connectivity index (χ1) is 9.75. The molecule has 0 amide bonds. The first kappa shape index (κ1) is 16.8. The van der Waals surface area contributed by atoms with E-state index in [0.717, 1.165) is 11.5 Å². The average molecular weight is 394 g/mol. The zero-order valence-corrected chi connectivity index (χ0v) is 14.9. The number of sulfonamides is 1. The van der Waals surface area contributed by atoms with Crippen LogP contribution in [0.4, 0.5) is 0 Å². The monoisotopic (exact) mass is 393 g/mol. The average Bonchev–Trinajstić information content (AvgIpc) is 2.41. The molecule has 1 heterocycles. The topological polar surface area (TPSA) is 74.7 Å². The highest BCUT2D eigenvalue weighted by Gasteiger charge is 2.33. The van der Waals surface area contributed by atoms with E-state index in [2.05, 4.69) is 15.9 Å². The third-order valence-corrected chi connectivity index (χ3v) is 7.90. The lowest BCUT2D eigenvalue weighted by Crippen LogP contribution is -2.44. The van der Waals surface area contributed by atoms with Crippen LogP contribution in [-0.4, -0.2) is 47.9 Å². The summed E-state index contributed by atoms with van der Waals surface area (Å²) in [5.41, 5.74) is 0.570. The number of carboxylic acid groups (broad SMARTS) is 1. The van der Waals surface area contributed by atoms with Gasteiger partial charge in [0.1, 0.15) is 0 Å². The Morgan fingerprint density at radius 3 is 2.71 bits per heavy atom. The van der Waals surface area contributed by atoms with E-state index in [0.29, 0.717) is 16.6 Å². The molecule has 0 bridgehead atoms. The van der Waals surface area contributed by atoms with E-state index in [1.807, 2.05) is 6.92 Å². The van der Waals surface area contributed by atoms with Gasteiger partial charge in [0.15, 0.2) is 0 Å². The Labute approximate surface area is 136 Å². The van der Waals surface area contributed by atoms with E-state index >= 15 is 0 Å². The third-order valence-electron chi connectivity index (χ3n) is 3.36. The summed E-state index contributed by atoms with van der Waals surface area (Å²) in [6, 6.07) is 2.58. The molecule has 2 rings (SSSR count). The Morgan fingerprint density at radius 1 is 1.48 bits per heavy atom. The maximum atomic E-state index is 12.8. The molecule has 1 atom stereocenters. The summed E-state index contributed by atoms with van der Waals surface area (Å²) in [6.07, 6.45) is 0. The molecule has 0 spiro atoms. The fourth-order valence-electron chi connectivity index (χ4n) is 2.24. The summed E-state index contributed by atoms with van der Waals surface area (Å²) in [5.74, 6) is 0.358. The number of thioether (sulfide) groups is 1. The minimum atomic E-state index is -3.71. The molecule has 1 saturated heterocycles. The lowest BCUT2D eigenvalue weighted by atomic mass is 10.1. The molecule has 1 aliphatic heterocycles. The van der Waals surface area contributed by atoms with Crippen molar-refractivity contribution in [3.63, 3.8) is 0 Å². The zero-order valence-electron chi connectivity index (χ0n) is 11.7. The summed E-state index contributed by atoms with van der Waals surface area (Å²) in [7, 11) is -3.71. The van der Waals surface area contributed by atoms with Crippen molar-refractivity contribution in [2.75, 3.05) is 18.1 Å². The molecule has 0 radical (unpaired) electrons. The second kappa shape index (κ2) is 6.28. The van der Waals surface area contributed by atoms with Crippen LogP contribution >= 0.6 is 27.7 Å². The van der Waals surface area contributed by atoms with Gasteiger partial charge >= 0.3 is 5.97 Å². The zero-order chi connectivity index (χ0) is 15.8. The van der Waals surface area contributed by atoms with Crippen LogP contribution in [0.25, 0.3) is 0 Å². The molecule has 1 aliphatic rings. The number of halogens is 1. The SMILES string of the molecule is Cc1cc(C(=O)O)cc(S(=O)(=O)N2CCSCC2C)c1Br. The molecule has 1 aromatic carbocycles. The van der Waals surface area contributed by atoms with Crippen molar-refractivity contribution in [3.05, 3.63) is 27.7 Å². The quantitative estimate of drug-likeness (QED) is 0.853. The second-order valence-electron chi connectivity index (χ2n) is 4.95. The summed E-state index contributed by atoms with van der Waals surface area (Å²) in [4.78, 5) is 11.2. The Morgan fingerprint density at radius 2 is 2.14 bits per heavy atom. The third kappa shape index (κ3) is 3.28. The van der Waals surface area contributed by atoms with Crippen molar-refractivity contribution < 1.29 is 18.3 Å². The van der Waals surface area contributed by atoms with Gasteiger partial charge in [-0.05, 0) is 47.5 Å². The first-order valence-corrected chi connectivity index (χ1v) is 9.77. The summed E-state index contributed by atoms with van der Waals surface area (Å²) >= 11 is 5.00. The van der Waals surface area contributed by atoms with E-state index in [1.54, 1.807) is 18.7 Å². The molecule has 0 aliphatic carbocycles. The normalized spacial score (nSPS) is 20.4. The summed E-state index contributed by atoms with van der Waals surface area (Å²) in [5, 5.41) is 9.13. The molecule has 1 N–H and O–H groups in total. The van der Waals surface area contributed by atoms with Crippen molar-refractivity contribution in [1.82, 2.24) is 4.31 Å². The van der Waals surface area contributed by atoms with Crippen molar-refractivity contribution in [3.8, 4) is 0 Å². The Balaban J connectivity index is 2.56. The van der Waals surface area contributed by atoms with Gasteiger partial charge < -0.3 is 5.11 Å². The van der Waals surface area contributed by atoms with Gasteiger partial charge in [-0.15, -0.1) is 0 Å². The molecule has 0 aromatic heterocycles. The van der Waals surface area contributed by atoms with Gasteiger partial charge in [-0.3, -0.25) is 0 Å². The Bertz CT molecular complexity index is 675. The molecule has 1 unspecified atom stereocenters. The van der Waals surface area contributed by atoms with Crippen LogP contribution in [0.3, 0.4) is 0 Å². The molecule has 1 fully saturated rings. The van der Waals surface area contributed by atoms with Crippen LogP contribution < -0.4 is 0 Å². The molecule has 0 saturated carbocycles. The molecule has 8 heteroatoms. The number of aryl methyl sites for hydroxylation is 1. The maximum absolute atomic E-state index is 12.8. The fraction of sp³-hybridized carbons (Fsp3) is 0.462. The molecular formula is C13H16BrNO4S2. The minimum absolute atomic E-state index is 0.0201. The molecular weight excluding hydrogens is 378 g/mol. The van der Waals surface area contributed by atoms with Crippen LogP contribution in [0.1, 0.15) is 22.8 Å². The van der Waals surface area contributed by atoms with Crippen LogP contribution in [0.2, 0.25) is 0 Å². The highest BCUT2D eigenvalue weighted by atomic mass is 79.9. The van der Waals surface area contributed by atoms with E-state index in [-0.39, 0.29) is 16.5 Å². The van der Waals surface area contributed by atoms with Crippen molar-refractivity contribution in [2.24, 2.45) is 0 Å². The van der Waals surface area contributed by atoms with E-state index in [4.69, 9.17) is 5.11 Å². The number of hydrogen-bond donors (Lipinski definition) is 1. The van der Waals surface area contributed by atoms with Crippen LogP contribution in [0, 0.1) is 6.92 Å². The lowest BCUT2D eigenvalue weighted by Gasteiger charge is -2.32. The van der Waals surface area contributed by atoms with Crippen molar-refractivity contribution >= 4 is 43.7 Å². The first-order valence-electron chi connectivity index (χ1n) is 6.38. The van der Waals surface area contributed by atoms with Gasteiger partial charge in [0.25, 0.3) is 0 Å². The fourth-order valence-corrected chi connectivity index (χ4v) is 6.11. The van der Waals surface area contributed by atoms with Crippen molar-refractivity contribution in [2.45, 2.75) is 24.8 Å². The van der Waals surface area contributed by atoms with Crippen LogP contribution in [0.15, 0.2) is 21.5 Å². The number of carbonyl (C=O) groups is 1. The summed E-state index contributed by atoms with van der Waals surface area (Å²) < 4.78 is 27.6. The number of nitrogens with zero attached hydrogens (tertiary/aromatic N) is 1. The smallest absolute Gasteiger partial charge is 0.335 e. The standard InChI is InChI=1S/C13H16BrNO4S2/c1-8-5-10(13(16)17)6-11(12(8)14)21(18,19)15-3-4-20-7-9(15)2/h5-6,9H,3-4,7H2,1-2H3,(H,16,17). The maximum Gasteiger partial charge on any atom is 0.335 e. The van der Waals surface area contributed by atoms with Gasteiger partial charge in [-0.2, -0.15) is 16.1 Å². The number of aromatic carboxylic acids is 1. The van der Waals surface area contributed by atoms with E-state index in [9.17, 15) is 13.2 Å². The molecule has 1 aromatic rings. The number of hydrogen-bond acceptors (Lipinski definition) is 4. The Kier molecular flexibility index (Phi) is 5.02. The van der Waals surface area contributed by atoms with Gasteiger partial charge in [0.05, 0.1) is 10.5 Å². The van der Waals surface area contributed by atoms with Gasteiger partial charge in [0.2, 0.25) is 10.0 Å². The van der Waals surface area contributed by atoms with Gasteiger partial charge in [-0.1, -0.05) is 0 Å². The van der Waals surface area contributed by atoms with E-state index in [1.165, 1.54) is 16.4 Å². The van der Waals surface area contributed by atoms with Gasteiger partial charge in [0, 0.05) is 28.6 Å². The second-order valence-corrected chi connectivity index (χ2v) is 8.75. The number of rotatable bonds is 3. The summed E-state index contributed by atoms with van der Waals surface area (Å²) in [6.45, 7) is 3.99. The van der Waals surface area contributed by atoms with E-state index < -0.39 is 16.0 Å². The highest BCUT2D eigenvalue weighted by molar-refractivity contribution is 9.10. The van der Waals surface area contributed by atoms with Crippen molar-refractivity contribution in [1.29, 1.82) is 0 Å². The molecule has 5 nitrogen and oxygen atoms in total. The lowest BCUT2D eigenvalue weighted by molar-refractivity contribution is 0.0696. The molecule has 116 valence electrons. The predicted octanol–water partition coefficient (Wildman–Crippen LogP) is 2.58. The minimum Gasteiger partial charge on any atom is -0.478 e. The van der Waals surface area contributed by atoms with Crippen LogP contribution in [0.5, 0.6) is 0 Å². The number of carboxylic acids is 1. The largest absolute Gasteiger partial charge is 0.478 e. The predicted molar refractivity (Wildman–Crippen MR) is 86.5 cm³/mol. The number of benzene rings is 1. The molecule has 21 heavy (non-hydrogen) atoms.